The van der Waals surface area contributed by atoms with Gasteiger partial charge < -0.3 is 20.7 Å². The van der Waals surface area contributed by atoms with Gasteiger partial charge in [-0.15, -0.1) is 0 Å². The monoisotopic (exact) mass is 419 g/mol. The molecule has 2 aliphatic carbocycles. The predicted octanol–water partition coefficient (Wildman–Crippen LogP) is 0.873. The summed E-state index contributed by atoms with van der Waals surface area (Å²) in [7, 11) is 0. The van der Waals surface area contributed by atoms with Crippen LogP contribution >= 0.6 is 0 Å². The van der Waals surface area contributed by atoms with Crippen LogP contribution in [-0.4, -0.2) is 67.1 Å². The first-order valence-electron chi connectivity index (χ1n) is 10.7. The third-order valence-electron chi connectivity index (χ3n) is 5.58. The number of ether oxygens (including phenoxy) is 1. The number of amides is 3. The van der Waals surface area contributed by atoms with Crippen LogP contribution in [0.15, 0.2) is 17.1 Å². The Kier molecular flexibility index (Phi) is 6.67. The van der Waals surface area contributed by atoms with Gasteiger partial charge in [0.1, 0.15) is 5.60 Å². The standard InChI is InChI=1S/C21H33N5O4/c1-5-22-19(23-8-9-25-20(29)30-21(2,3)4)24-10-11-26-17(27)15-13-6-7-14(12-13)16(15)18(26)28/h6-7,13-16H,5,8-12H2,1-4H3,(H,25,29)(H2,22,23,24). The van der Waals surface area contributed by atoms with Crippen molar-refractivity contribution in [2.45, 2.75) is 39.7 Å². The molecule has 9 nitrogen and oxygen atoms in total. The molecule has 4 unspecified atom stereocenters. The lowest BCUT2D eigenvalue weighted by Gasteiger charge is -2.19. The van der Waals surface area contributed by atoms with Crippen LogP contribution in [0.25, 0.3) is 0 Å². The van der Waals surface area contributed by atoms with Gasteiger partial charge >= 0.3 is 6.09 Å². The largest absolute Gasteiger partial charge is 0.444 e. The number of imide groups is 1. The summed E-state index contributed by atoms with van der Waals surface area (Å²) in [4.78, 5) is 42.9. The number of nitrogens with one attached hydrogen (secondary N) is 3. The second-order valence-corrected chi connectivity index (χ2v) is 8.94. The maximum absolute atomic E-state index is 12.7. The smallest absolute Gasteiger partial charge is 0.407 e. The minimum atomic E-state index is -0.539. The zero-order valence-corrected chi connectivity index (χ0v) is 18.2. The van der Waals surface area contributed by atoms with E-state index >= 15 is 0 Å². The molecule has 3 aliphatic rings. The van der Waals surface area contributed by atoms with Crippen molar-refractivity contribution in [3.05, 3.63) is 12.2 Å². The van der Waals surface area contributed by atoms with Crippen LogP contribution in [0.5, 0.6) is 0 Å². The number of hydrogen-bond acceptors (Lipinski definition) is 5. The van der Waals surface area contributed by atoms with E-state index in [9.17, 15) is 14.4 Å². The summed E-state index contributed by atoms with van der Waals surface area (Å²) in [6.07, 6.45) is 4.66. The van der Waals surface area contributed by atoms with Gasteiger partial charge in [-0.25, -0.2) is 4.79 Å². The Bertz CT molecular complexity index is 712. The third-order valence-corrected chi connectivity index (χ3v) is 5.58. The highest BCUT2D eigenvalue weighted by Gasteiger charge is 2.58. The Morgan fingerprint density at radius 1 is 1.10 bits per heavy atom. The first-order valence-corrected chi connectivity index (χ1v) is 10.7. The van der Waals surface area contributed by atoms with Gasteiger partial charge in [0.25, 0.3) is 0 Å². The second kappa shape index (κ2) is 9.06. The van der Waals surface area contributed by atoms with Gasteiger partial charge in [0.15, 0.2) is 5.96 Å². The number of carbonyl (C=O) groups is 3. The van der Waals surface area contributed by atoms with Crippen molar-refractivity contribution in [2.75, 3.05) is 32.7 Å². The number of nitrogens with zero attached hydrogens (tertiary/aromatic N) is 2. The van der Waals surface area contributed by atoms with Crippen molar-refractivity contribution in [2.24, 2.45) is 28.7 Å². The molecule has 3 rings (SSSR count). The van der Waals surface area contributed by atoms with Crippen LogP contribution in [0.1, 0.15) is 34.1 Å². The van der Waals surface area contributed by atoms with Gasteiger partial charge in [0.05, 0.1) is 18.4 Å². The molecule has 30 heavy (non-hydrogen) atoms. The highest BCUT2D eigenvalue weighted by molar-refractivity contribution is 6.06. The number of guanidine groups is 1. The predicted molar refractivity (Wildman–Crippen MR) is 113 cm³/mol. The topological polar surface area (TPSA) is 112 Å². The fourth-order valence-corrected chi connectivity index (χ4v) is 4.45. The minimum Gasteiger partial charge on any atom is -0.444 e. The van der Waals surface area contributed by atoms with E-state index in [1.165, 1.54) is 4.90 Å². The van der Waals surface area contributed by atoms with Crippen molar-refractivity contribution in [1.82, 2.24) is 20.9 Å². The number of carbonyl (C=O) groups excluding carboxylic acids is 3. The maximum Gasteiger partial charge on any atom is 0.407 e. The zero-order chi connectivity index (χ0) is 21.9. The van der Waals surface area contributed by atoms with Crippen LogP contribution in [0, 0.1) is 23.7 Å². The summed E-state index contributed by atoms with van der Waals surface area (Å²) < 4.78 is 5.18. The SMILES string of the molecule is CCNC(=NCCNC(=O)OC(C)(C)C)NCCN1C(=O)C2C3C=CC(C3)C2C1=O. The summed E-state index contributed by atoms with van der Waals surface area (Å²) in [6, 6.07) is 0. The average Bonchev–Trinajstić information content (AvgIpc) is 3.33. The Hall–Kier alpha value is -2.58. The number of hydrogen-bond donors (Lipinski definition) is 3. The van der Waals surface area contributed by atoms with Gasteiger partial charge in [-0.05, 0) is 46.0 Å². The molecule has 4 atom stereocenters. The highest BCUT2D eigenvalue weighted by Crippen LogP contribution is 2.52. The average molecular weight is 420 g/mol. The molecule has 166 valence electrons. The fourth-order valence-electron chi connectivity index (χ4n) is 4.45. The number of likely N-dealkylation sites (tertiary alicyclic amines) is 1. The summed E-state index contributed by atoms with van der Waals surface area (Å²) in [6.45, 7) is 9.51. The lowest BCUT2D eigenvalue weighted by Crippen LogP contribution is -2.44. The van der Waals surface area contributed by atoms with E-state index in [2.05, 4.69) is 33.1 Å². The number of alkyl carbamates (subject to hydrolysis) is 1. The molecule has 0 spiro atoms. The van der Waals surface area contributed by atoms with Gasteiger partial charge in [0.2, 0.25) is 11.8 Å². The molecule has 0 aromatic heterocycles. The van der Waals surface area contributed by atoms with Crippen molar-refractivity contribution in [1.29, 1.82) is 0 Å². The normalized spacial score (nSPS) is 27.5. The van der Waals surface area contributed by atoms with Crippen molar-refractivity contribution in [3.8, 4) is 0 Å². The molecule has 1 heterocycles. The Morgan fingerprint density at radius 2 is 1.73 bits per heavy atom. The second-order valence-electron chi connectivity index (χ2n) is 8.94. The van der Waals surface area contributed by atoms with E-state index in [1.54, 1.807) is 0 Å². The fraction of sp³-hybridized carbons (Fsp3) is 0.714. The van der Waals surface area contributed by atoms with Gasteiger partial charge in [-0.3, -0.25) is 19.5 Å². The van der Waals surface area contributed by atoms with Crippen LogP contribution in [0.2, 0.25) is 0 Å². The van der Waals surface area contributed by atoms with E-state index < -0.39 is 11.7 Å². The lowest BCUT2D eigenvalue weighted by atomic mass is 9.85. The van der Waals surface area contributed by atoms with E-state index in [1.807, 2.05) is 27.7 Å². The molecule has 9 heteroatoms. The molecule has 0 aromatic carbocycles. The Labute approximate surface area is 177 Å². The molecule has 0 radical (unpaired) electrons. The summed E-state index contributed by atoms with van der Waals surface area (Å²) in [5, 5.41) is 8.93. The summed E-state index contributed by atoms with van der Waals surface area (Å²) >= 11 is 0. The molecular weight excluding hydrogens is 386 g/mol. The number of rotatable bonds is 7. The number of allylic oxidation sites excluding steroid dienone is 2. The van der Waals surface area contributed by atoms with E-state index in [-0.39, 0.29) is 35.5 Å². The molecule has 2 bridgehead atoms. The van der Waals surface area contributed by atoms with Crippen LogP contribution in [0.4, 0.5) is 4.79 Å². The van der Waals surface area contributed by atoms with Crippen LogP contribution < -0.4 is 16.0 Å². The van der Waals surface area contributed by atoms with E-state index in [4.69, 9.17) is 4.74 Å². The van der Waals surface area contributed by atoms with Crippen molar-refractivity contribution < 1.29 is 19.1 Å². The highest BCUT2D eigenvalue weighted by atomic mass is 16.6. The minimum absolute atomic E-state index is 0.0350. The molecule has 0 aromatic rings. The first kappa shape index (κ1) is 22.1. The maximum atomic E-state index is 12.7. The van der Waals surface area contributed by atoms with Crippen molar-refractivity contribution >= 4 is 23.9 Å². The molecule has 3 amide bonds. The van der Waals surface area contributed by atoms with Gasteiger partial charge in [-0.2, -0.15) is 0 Å². The lowest BCUT2D eigenvalue weighted by molar-refractivity contribution is -0.140. The quantitative estimate of drug-likeness (QED) is 0.186. The Morgan fingerprint density at radius 3 is 2.30 bits per heavy atom. The van der Waals surface area contributed by atoms with Crippen LogP contribution in [-0.2, 0) is 14.3 Å². The molecule has 1 saturated carbocycles. The summed E-state index contributed by atoms with van der Waals surface area (Å²) in [5.74, 6) is 0.641. The first-order chi connectivity index (χ1) is 14.2. The zero-order valence-electron chi connectivity index (χ0n) is 18.2. The van der Waals surface area contributed by atoms with E-state index in [0.717, 1.165) is 6.42 Å². The van der Waals surface area contributed by atoms with Gasteiger partial charge in [0, 0.05) is 26.2 Å². The van der Waals surface area contributed by atoms with Gasteiger partial charge in [-0.1, -0.05) is 12.2 Å². The summed E-state index contributed by atoms with van der Waals surface area (Å²) in [5.41, 5.74) is -0.539. The number of fused-ring (bicyclic) bond motifs is 5. The molecule has 1 saturated heterocycles. The van der Waals surface area contributed by atoms with E-state index in [0.29, 0.717) is 38.7 Å². The molecule has 3 N–H and O–H groups in total. The van der Waals surface area contributed by atoms with Crippen molar-refractivity contribution in [3.63, 3.8) is 0 Å². The van der Waals surface area contributed by atoms with Crippen LogP contribution in [0.3, 0.4) is 0 Å². The Balaban J connectivity index is 1.43. The molecule has 1 aliphatic heterocycles. The molecule has 2 fully saturated rings. The number of aliphatic imine (C=N–C) groups is 1. The third kappa shape index (κ3) is 4.94. The molecular formula is C21H33N5O4.